The minimum absolute atomic E-state index is 0.0447. The van der Waals surface area contributed by atoms with Gasteiger partial charge in [-0.1, -0.05) is 32.8 Å². The van der Waals surface area contributed by atoms with Gasteiger partial charge in [0.25, 0.3) is 0 Å². The minimum Gasteiger partial charge on any atom is -0.493 e. The second-order valence-electron chi connectivity index (χ2n) is 8.69. The molecule has 0 spiro atoms. The molecule has 0 saturated carbocycles. The first-order chi connectivity index (χ1) is 16.5. The molecule has 0 saturated heterocycles. The summed E-state index contributed by atoms with van der Waals surface area (Å²) in [5, 5.41) is 0. The Bertz CT molecular complexity index is 1080. The highest BCUT2D eigenvalue weighted by atomic mass is 79.9. The van der Waals surface area contributed by atoms with Gasteiger partial charge in [-0.05, 0) is 91.1 Å². The van der Waals surface area contributed by atoms with E-state index < -0.39 is 0 Å². The molecule has 0 aliphatic heterocycles. The van der Waals surface area contributed by atoms with Gasteiger partial charge in [0.15, 0.2) is 11.5 Å². The van der Waals surface area contributed by atoms with Gasteiger partial charge in [0.05, 0.1) is 24.9 Å². The molecule has 0 atom stereocenters. The number of unbranched alkanes of at least 4 members (excludes halogenated alkanes) is 2. The monoisotopic (exact) mass is 528 g/mol. The van der Waals surface area contributed by atoms with Gasteiger partial charge in [0.1, 0.15) is 0 Å². The quantitative estimate of drug-likeness (QED) is 0.168. The lowest BCUT2D eigenvalue weighted by molar-refractivity contribution is 0.103. The second kappa shape index (κ2) is 13.0. The molecule has 2 aromatic heterocycles. The van der Waals surface area contributed by atoms with Crippen LogP contribution in [0.3, 0.4) is 0 Å². The number of methoxy groups -OCH3 is 1. The highest BCUT2D eigenvalue weighted by Gasteiger charge is 2.21. The zero-order valence-electron chi connectivity index (χ0n) is 20.9. The second-order valence-corrected chi connectivity index (χ2v) is 9.48. The molecule has 0 N–H and O–H groups in total. The van der Waals surface area contributed by atoms with E-state index in [1.807, 2.05) is 47.9 Å². The minimum atomic E-state index is -0.0447. The van der Waals surface area contributed by atoms with E-state index in [-0.39, 0.29) is 5.78 Å². The van der Waals surface area contributed by atoms with E-state index in [4.69, 9.17) is 9.47 Å². The molecule has 0 unspecified atom stereocenters. The Morgan fingerprint density at radius 3 is 2.38 bits per heavy atom. The molecule has 34 heavy (non-hydrogen) atoms. The van der Waals surface area contributed by atoms with Crippen LogP contribution in [-0.2, 0) is 0 Å². The summed E-state index contributed by atoms with van der Waals surface area (Å²) >= 11 is 3.63. The lowest BCUT2D eigenvalue weighted by Crippen LogP contribution is -2.28. The smallest absolute Gasteiger partial charge is 0.210 e. The summed E-state index contributed by atoms with van der Waals surface area (Å²) in [5.41, 5.74) is 3.12. The SMILES string of the molecule is CCCCN(CCCC)CCCOc1ccc(C(=O)c2c(C)c(Br)c3ccccn23)cc1OC. The Balaban J connectivity index is 1.68. The van der Waals surface area contributed by atoms with Crippen molar-refractivity contribution in [1.82, 2.24) is 9.30 Å². The van der Waals surface area contributed by atoms with Crippen LogP contribution < -0.4 is 9.47 Å². The third-order valence-electron chi connectivity index (χ3n) is 6.18. The van der Waals surface area contributed by atoms with Crippen molar-refractivity contribution in [1.29, 1.82) is 0 Å². The molecular formula is C28H37BrN2O3. The maximum atomic E-state index is 13.4. The van der Waals surface area contributed by atoms with E-state index >= 15 is 0 Å². The fourth-order valence-electron chi connectivity index (χ4n) is 4.21. The summed E-state index contributed by atoms with van der Waals surface area (Å²) in [5.74, 6) is 1.21. The highest BCUT2D eigenvalue weighted by molar-refractivity contribution is 9.10. The highest BCUT2D eigenvalue weighted by Crippen LogP contribution is 2.32. The van der Waals surface area contributed by atoms with Crippen molar-refractivity contribution in [3.05, 3.63) is 63.9 Å². The predicted molar refractivity (Wildman–Crippen MR) is 143 cm³/mol. The van der Waals surface area contributed by atoms with Crippen LogP contribution in [0.1, 0.15) is 67.6 Å². The molecule has 0 radical (unpaired) electrons. The summed E-state index contributed by atoms with van der Waals surface area (Å²) in [6.07, 6.45) is 7.79. The number of carbonyl (C=O) groups is 1. The topological polar surface area (TPSA) is 43.2 Å². The first-order valence-electron chi connectivity index (χ1n) is 12.3. The summed E-state index contributed by atoms with van der Waals surface area (Å²) in [6.45, 7) is 10.4. The fraction of sp³-hybridized carbons (Fsp3) is 0.464. The van der Waals surface area contributed by atoms with Crippen LogP contribution in [0.25, 0.3) is 5.52 Å². The largest absolute Gasteiger partial charge is 0.493 e. The number of benzene rings is 1. The Kier molecular flexibility index (Phi) is 10.0. The molecular weight excluding hydrogens is 492 g/mol. The number of rotatable bonds is 14. The Hall–Kier alpha value is -2.31. The van der Waals surface area contributed by atoms with Crippen molar-refractivity contribution in [2.24, 2.45) is 0 Å². The van der Waals surface area contributed by atoms with Crippen molar-refractivity contribution in [3.63, 3.8) is 0 Å². The van der Waals surface area contributed by atoms with Gasteiger partial charge in [-0.3, -0.25) is 4.79 Å². The number of pyridine rings is 1. The first-order valence-corrected chi connectivity index (χ1v) is 13.1. The third kappa shape index (κ3) is 6.22. The number of nitrogens with zero attached hydrogens (tertiary/aromatic N) is 2. The Morgan fingerprint density at radius 2 is 1.71 bits per heavy atom. The zero-order chi connectivity index (χ0) is 24.5. The summed E-state index contributed by atoms with van der Waals surface area (Å²) < 4.78 is 14.5. The predicted octanol–water partition coefficient (Wildman–Crippen LogP) is 6.92. The number of aromatic nitrogens is 1. The molecule has 6 heteroatoms. The van der Waals surface area contributed by atoms with Crippen LogP contribution in [-0.4, -0.2) is 48.4 Å². The molecule has 5 nitrogen and oxygen atoms in total. The number of hydrogen-bond acceptors (Lipinski definition) is 4. The average Bonchev–Trinajstić information content (AvgIpc) is 3.12. The normalized spacial score (nSPS) is 11.4. The standard InChI is InChI=1S/C28H37BrN2O3/c1-5-7-15-30(16-8-6-2)17-11-19-34-24-14-13-22(20-25(24)33-4)28(32)27-21(3)26(29)23-12-9-10-18-31(23)27/h9-10,12-14,18,20H,5-8,11,15-17,19H2,1-4H3. The van der Waals surface area contributed by atoms with Crippen LogP contribution in [0, 0.1) is 6.92 Å². The van der Waals surface area contributed by atoms with Crippen molar-refractivity contribution in [3.8, 4) is 11.5 Å². The van der Waals surface area contributed by atoms with E-state index in [1.165, 1.54) is 25.7 Å². The molecule has 0 amide bonds. The molecule has 0 bridgehead atoms. The molecule has 1 aromatic carbocycles. The number of halogens is 1. The van der Waals surface area contributed by atoms with Crippen molar-refractivity contribution in [2.75, 3.05) is 33.4 Å². The summed E-state index contributed by atoms with van der Waals surface area (Å²) in [4.78, 5) is 16.0. The van der Waals surface area contributed by atoms with Crippen molar-refractivity contribution in [2.45, 2.75) is 52.9 Å². The maximum absolute atomic E-state index is 13.4. The molecule has 3 rings (SSSR count). The Morgan fingerprint density at radius 1 is 1.00 bits per heavy atom. The van der Waals surface area contributed by atoms with Crippen molar-refractivity contribution < 1.29 is 14.3 Å². The molecule has 0 fully saturated rings. The van der Waals surface area contributed by atoms with Crippen LogP contribution >= 0.6 is 15.9 Å². The van der Waals surface area contributed by atoms with E-state index in [0.717, 1.165) is 41.6 Å². The molecule has 184 valence electrons. The first kappa shape index (κ1) is 26.3. The fourth-order valence-corrected chi connectivity index (χ4v) is 4.72. The van der Waals surface area contributed by atoms with Gasteiger partial charge < -0.3 is 18.8 Å². The maximum Gasteiger partial charge on any atom is 0.210 e. The number of hydrogen-bond donors (Lipinski definition) is 0. The number of fused-ring (bicyclic) bond motifs is 1. The Labute approximate surface area is 212 Å². The van der Waals surface area contributed by atoms with Crippen LogP contribution in [0.4, 0.5) is 0 Å². The third-order valence-corrected chi connectivity index (χ3v) is 7.18. The number of ether oxygens (including phenoxy) is 2. The lowest BCUT2D eigenvalue weighted by Gasteiger charge is -2.22. The summed E-state index contributed by atoms with van der Waals surface area (Å²) in [7, 11) is 1.61. The van der Waals surface area contributed by atoms with E-state index in [9.17, 15) is 4.79 Å². The molecule has 2 heterocycles. The van der Waals surface area contributed by atoms with Gasteiger partial charge in [-0.25, -0.2) is 0 Å². The number of carbonyl (C=O) groups excluding carboxylic acids is 1. The van der Waals surface area contributed by atoms with E-state index in [1.54, 1.807) is 13.2 Å². The van der Waals surface area contributed by atoms with E-state index in [0.29, 0.717) is 29.4 Å². The summed E-state index contributed by atoms with van der Waals surface area (Å²) in [6, 6.07) is 11.3. The number of ketones is 1. The van der Waals surface area contributed by atoms with Crippen LogP contribution in [0.15, 0.2) is 47.1 Å². The molecule has 3 aromatic rings. The molecule has 0 aliphatic carbocycles. The molecule has 0 aliphatic rings. The van der Waals surface area contributed by atoms with Crippen LogP contribution in [0.5, 0.6) is 11.5 Å². The van der Waals surface area contributed by atoms with Gasteiger partial charge in [-0.15, -0.1) is 0 Å². The van der Waals surface area contributed by atoms with Gasteiger partial charge >= 0.3 is 0 Å². The average molecular weight is 530 g/mol. The van der Waals surface area contributed by atoms with Crippen LogP contribution in [0.2, 0.25) is 0 Å². The van der Waals surface area contributed by atoms with Gasteiger partial charge in [-0.2, -0.15) is 0 Å². The van der Waals surface area contributed by atoms with Crippen molar-refractivity contribution >= 4 is 27.2 Å². The lowest BCUT2D eigenvalue weighted by atomic mass is 10.1. The van der Waals surface area contributed by atoms with Gasteiger partial charge in [0.2, 0.25) is 5.78 Å². The zero-order valence-corrected chi connectivity index (χ0v) is 22.5. The van der Waals surface area contributed by atoms with Gasteiger partial charge in [0, 0.05) is 22.8 Å². The van der Waals surface area contributed by atoms with E-state index in [2.05, 4.69) is 34.7 Å².